The van der Waals surface area contributed by atoms with Crippen LogP contribution in [0.1, 0.15) is 5.56 Å². The first-order chi connectivity index (χ1) is 14.9. The molecule has 0 aliphatic carbocycles. The summed E-state index contributed by atoms with van der Waals surface area (Å²) in [7, 11) is 1.49. The number of benzene rings is 2. The van der Waals surface area contributed by atoms with Crippen LogP contribution in [0.25, 0.3) is 0 Å². The number of hydrogen-bond donors (Lipinski definition) is 3. The van der Waals surface area contributed by atoms with Gasteiger partial charge in [0.1, 0.15) is 5.75 Å². The Morgan fingerprint density at radius 3 is 2.35 bits per heavy atom. The number of amides is 3. The molecule has 3 N–H and O–H groups in total. The van der Waals surface area contributed by atoms with Crippen molar-refractivity contribution in [3.8, 4) is 5.75 Å². The van der Waals surface area contributed by atoms with Gasteiger partial charge in [0, 0.05) is 29.4 Å². The van der Waals surface area contributed by atoms with Crippen LogP contribution < -0.4 is 20.8 Å². The van der Waals surface area contributed by atoms with Gasteiger partial charge < -0.3 is 20.1 Å². The molecule has 164 valence electrons. The fourth-order valence-electron chi connectivity index (χ4n) is 2.19. The number of hydrazone groups is 1. The lowest BCUT2D eigenvalue weighted by molar-refractivity contribution is -0.139. The van der Waals surface area contributed by atoms with E-state index in [-0.39, 0.29) is 19.1 Å². The first-order valence-corrected chi connectivity index (χ1v) is 9.72. The van der Waals surface area contributed by atoms with Gasteiger partial charge in [0.15, 0.2) is 6.61 Å². The zero-order valence-electron chi connectivity index (χ0n) is 16.5. The number of carbonyl (C=O) groups excluding carboxylic acids is 3. The molecule has 0 spiro atoms. The zero-order chi connectivity index (χ0) is 22.6. The van der Waals surface area contributed by atoms with E-state index in [9.17, 15) is 14.4 Å². The maximum Gasteiger partial charge on any atom is 0.329 e. The number of methoxy groups -OCH3 is 1. The number of halogens is 2. The van der Waals surface area contributed by atoms with Crippen molar-refractivity contribution in [1.82, 2.24) is 10.7 Å². The Hall–Kier alpha value is -3.14. The molecule has 2 aromatic rings. The van der Waals surface area contributed by atoms with Crippen LogP contribution in [0, 0.1) is 0 Å². The fraction of sp³-hybridized carbons (Fsp3) is 0.200. The molecule has 9 nitrogen and oxygen atoms in total. The number of anilines is 1. The molecule has 0 aromatic heterocycles. The van der Waals surface area contributed by atoms with Crippen molar-refractivity contribution < 1.29 is 23.9 Å². The van der Waals surface area contributed by atoms with Gasteiger partial charge in [0.05, 0.1) is 12.8 Å². The maximum atomic E-state index is 12.0. The largest absolute Gasteiger partial charge is 0.484 e. The number of carbonyl (C=O) groups is 3. The smallest absolute Gasteiger partial charge is 0.329 e. The topological polar surface area (TPSA) is 118 Å². The highest BCUT2D eigenvalue weighted by atomic mass is 35.5. The minimum Gasteiger partial charge on any atom is -0.484 e. The SMILES string of the molecule is COCCNC(=O)C(=O)N/N=C\c1ccc(OCC(=O)Nc2cc(Cl)cc(Cl)c2)cc1. The van der Waals surface area contributed by atoms with Crippen LogP contribution in [-0.2, 0) is 19.1 Å². The second kappa shape index (κ2) is 12.5. The predicted octanol–water partition coefficient (Wildman–Crippen LogP) is 2.22. The standard InChI is InChI=1S/C20H20Cl2N4O5/c1-30-7-6-23-19(28)20(29)26-24-11-13-2-4-17(5-3-13)31-12-18(27)25-16-9-14(21)8-15(22)10-16/h2-5,8-11H,6-7,12H2,1H3,(H,23,28)(H,25,27)(H,26,29)/b24-11-. The Balaban J connectivity index is 1.77. The van der Waals surface area contributed by atoms with E-state index in [0.29, 0.717) is 33.7 Å². The van der Waals surface area contributed by atoms with Crippen LogP contribution in [0.4, 0.5) is 5.69 Å². The molecule has 0 heterocycles. The maximum absolute atomic E-state index is 12.0. The van der Waals surface area contributed by atoms with Gasteiger partial charge >= 0.3 is 11.8 Å². The van der Waals surface area contributed by atoms with Gasteiger partial charge in [-0.1, -0.05) is 23.2 Å². The summed E-state index contributed by atoms with van der Waals surface area (Å²) in [5.74, 6) is -1.62. The minimum absolute atomic E-state index is 0.216. The van der Waals surface area contributed by atoms with Crippen molar-refractivity contribution >= 4 is 52.8 Å². The summed E-state index contributed by atoms with van der Waals surface area (Å²) >= 11 is 11.8. The van der Waals surface area contributed by atoms with Crippen LogP contribution in [0.3, 0.4) is 0 Å². The lowest BCUT2D eigenvalue weighted by Gasteiger charge is -2.08. The summed E-state index contributed by atoms with van der Waals surface area (Å²) in [6.45, 7) is 0.303. The van der Waals surface area contributed by atoms with Crippen molar-refractivity contribution in [3.63, 3.8) is 0 Å². The van der Waals surface area contributed by atoms with E-state index in [4.69, 9.17) is 32.7 Å². The lowest BCUT2D eigenvalue weighted by atomic mass is 10.2. The molecule has 11 heteroatoms. The third-order valence-electron chi connectivity index (χ3n) is 3.57. The van der Waals surface area contributed by atoms with E-state index in [1.165, 1.54) is 13.3 Å². The third kappa shape index (κ3) is 9.04. The van der Waals surface area contributed by atoms with Gasteiger partial charge in [-0.15, -0.1) is 0 Å². The van der Waals surface area contributed by atoms with E-state index in [1.54, 1.807) is 42.5 Å². The summed E-state index contributed by atoms with van der Waals surface area (Å²) in [6.07, 6.45) is 1.36. The molecule has 3 amide bonds. The second-order valence-electron chi connectivity index (χ2n) is 6.01. The van der Waals surface area contributed by atoms with E-state index in [1.807, 2.05) is 0 Å². The highest BCUT2D eigenvalue weighted by molar-refractivity contribution is 6.35. The van der Waals surface area contributed by atoms with Gasteiger partial charge in [0.25, 0.3) is 5.91 Å². The Morgan fingerprint density at radius 1 is 1.03 bits per heavy atom. The summed E-state index contributed by atoms with van der Waals surface area (Å²) in [5.41, 5.74) is 3.23. The summed E-state index contributed by atoms with van der Waals surface area (Å²) in [5, 5.41) is 9.53. The summed E-state index contributed by atoms with van der Waals surface area (Å²) in [6, 6.07) is 11.3. The van der Waals surface area contributed by atoms with E-state index >= 15 is 0 Å². The summed E-state index contributed by atoms with van der Waals surface area (Å²) < 4.78 is 10.2. The molecular weight excluding hydrogens is 447 g/mol. The average molecular weight is 467 g/mol. The fourth-order valence-corrected chi connectivity index (χ4v) is 2.71. The molecular formula is C20H20Cl2N4O5. The van der Waals surface area contributed by atoms with E-state index in [2.05, 4.69) is 21.2 Å². The molecule has 0 aliphatic heterocycles. The first kappa shape index (κ1) is 24.1. The summed E-state index contributed by atoms with van der Waals surface area (Å²) in [4.78, 5) is 35.0. The molecule has 0 saturated carbocycles. The van der Waals surface area contributed by atoms with Crippen molar-refractivity contribution in [2.24, 2.45) is 5.10 Å². The number of nitrogens with one attached hydrogen (secondary N) is 3. The van der Waals surface area contributed by atoms with Crippen LogP contribution in [0.2, 0.25) is 10.0 Å². The highest BCUT2D eigenvalue weighted by Gasteiger charge is 2.11. The normalized spacial score (nSPS) is 10.5. The number of hydrogen-bond acceptors (Lipinski definition) is 6. The van der Waals surface area contributed by atoms with Gasteiger partial charge in [-0.3, -0.25) is 14.4 Å². The average Bonchev–Trinajstić information content (AvgIpc) is 2.72. The van der Waals surface area contributed by atoms with Gasteiger partial charge in [-0.05, 0) is 48.0 Å². The monoisotopic (exact) mass is 466 g/mol. The lowest BCUT2D eigenvalue weighted by Crippen LogP contribution is -2.39. The quantitative estimate of drug-likeness (QED) is 0.226. The van der Waals surface area contributed by atoms with Crippen LogP contribution in [0.15, 0.2) is 47.6 Å². The van der Waals surface area contributed by atoms with Gasteiger partial charge in [-0.25, -0.2) is 5.43 Å². The van der Waals surface area contributed by atoms with E-state index in [0.717, 1.165) is 0 Å². The highest BCUT2D eigenvalue weighted by Crippen LogP contribution is 2.22. The van der Waals surface area contributed by atoms with Crippen molar-refractivity contribution in [2.75, 3.05) is 32.2 Å². The molecule has 0 saturated heterocycles. The zero-order valence-corrected chi connectivity index (χ0v) is 18.0. The van der Waals surface area contributed by atoms with E-state index < -0.39 is 11.8 Å². The number of ether oxygens (including phenoxy) is 2. The van der Waals surface area contributed by atoms with Crippen molar-refractivity contribution in [2.45, 2.75) is 0 Å². The van der Waals surface area contributed by atoms with Crippen LogP contribution in [-0.4, -0.2) is 50.8 Å². The van der Waals surface area contributed by atoms with Crippen molar-refractivity contribution in [1.29, 1.82) is 0 Å². The van der Waals surface area contributed by atoms with Gasteiger partial charge in [0.2, 0.25) is 0 Å². The molecule has 2 rings (SSSR count). The molecule has 2 aromatic carbocycles. The third-order valence-corrected chi connectivity index (χ3v) is 4.01. The Morgan fingerprint density at radius 2 is 1.71 bits per heavy atom. The molecule has 0 bridgehead atoms. The number of nitrogens with zero attached hydrogens (tertiary/aromatic N) is 1. The molecule has 0 atom stereocenters. The number of rotatable bonds is 9. The second-order valence-corrected chi connectivity index (χ2v) is 6.88. The van der Waals surface area contributed by atoms with Crippen LogP contribution >= 0.6 is 23.2 Å². The minimum atomic E-state index is -0.890. The molecule has 31 heavy (non-hydrogen) atoms. The first-order valence-electron chi connectivity index (χ1n) is 8.96. The Labute approximate surface area is 188 Å². The van der Waals surface area contributed by atoms with Crippen LogP contribution in [0.5, 0.6) is 5.75 Å². The van der Waals surface area contributed by atoms with Gasteiger partial charge in [-0.2, -0.15) is 5.10 Å². The predicted molar refractivity (Wildman–Crippen MR) is 118 cm³/mol. The molecule has 0 unspecified atom stereocenters. The molecule has 0 radical (unpaired) electrons. The molecule has 0 fully saturated rings. The Kier molecular flexibility index (Phi) is 9.76. The molecule has 0 aliphatic rings. The van der Waals surface area contributed by atoms with Crippen molar-refractivity contribution in [3.05, 3.63) is 58.1 Å². The Bertz CT molecular complexity index is 931.